The summed E-state index contributed by atoms with van der Waals surface area (Å²) in [6, 6.07) is 14.4. The first kappa shape index (κ1) is 20.4. The van der Waals surface area contributed by atoms with E-state index in [4.69, 9.17) is 11.6 Å². The Bertz CT molecular complexity index is 1310. The fourth-order valence-electron chi connectivity index (χ4n) is 3.39. The number of hydrogen-bond donors (Lipinski definition) is 0. The molecule has 0 aliphatic rings. The molecular formula is C23H20ClN3O2S. The molecule has 2 aromatic carbocycles. The maximum absolute atomic E-state index is 12.7. The first-order valence-corrected chi connectivity index (χ1v) is 10.8. The van der Waals surface area contributed by atoms with Crippen molar-refractivity contribution in [2.24, 2.45) is 14.1 Å². The molecule has 0 atom stereocenters. The van der Waals surface area contributed by atoms with Crippen molar-refractivity contribution in [1.82, 2.24) is 14.1 Å². The number of ketones is 1. The molecule has 2 heterocycles. The lowest BCUT2D eigenvalue weighted by Crippen LogP contribution is -2.20. The first-order chi connectivity index (χ1) is 14.3. The Labute approximate surface area is 183 Å². The molecule has 0 saturated carbocycles. The third-order valence-electron chi connectivity index (χ3n) is 5.04. The summed E-state index contributed by atoms with van der Waals surface area (Å²) in [5.41, 5.74) is 3.86. The zero-order valence-corrected chi connectivity index (χ0v) is 18.4. The molecule has 152 valence electrons. The van der Waals surface area contributed by atoms with Crippen LogP contribution in [0.15, 0.2) is 64.7 Å². The molecule has 0 N–H and O–H groups in total. The van der Waals surface area contributed by atoms with Crippen LogP contribution < -0.4 is 5.56 Å². The van der Waals surface area contributed by atoms with Crippen molar-refractivity contribution in [2.45, 2.75) is 17.8 Å². The first-order valence-electron chi connectivity index (χ1n) is 9.40. The largest absolute Gasteiger partial charge is 0.335 e. The minimum atomic E-state index is -0.0422. The number of rotatable bonds is 5. The van der Waals surface area contributed by atoms with Gasteiger partial charge in [-0.1, -0.05) is 47.6 Å². The molecule has 0 aliphatic heterocycles. The van der Waals surface area contributed by atoms with Crippen LogP contribution in [-0.2, 0) is 19.8 Å². The highest BCUT2D eigenvalue weighted by molar-refractivity contribution is 7.98. The number of aryl methyl sites for hydroxylation is 2. The number of hydrogen-bond acceptors (Lipinski definition) is 4. The Kier molecular flexibility index (Phi) is 5.54. The van der Waals surface area contributed by atoms with Gasteiger partial charge >= 0.3 is 0 Å². The second-order valence-electron chi connectivity index (χ2n) is 7.20. The molecule has 0 spiro atoms. The van der Waals surface area contributed by atoms with Gasteiger partial charge < -0.3 is 4.57 Å². The van der Waals surface area contributed by atoms with Crippen molar-refractivity contribution in [1.29, 1.82) is 0 Å². The highest BCUT2D eigenvalue weighted by atomic mass is 35.5. The maximum atomic E-state index is 12.7. The third kappa shape index (κ3) is 3.80. The van der Waals surface area contributed by atoms with Crippen molar-refractivity contribution in [2.75, 3.05) is 0 Å². The fraction of sp³-hybridized carbons (Fsp3) is 0.174. The number of thioether (sulfide) groups is 1. The van der Waals surface area contributed by atoms with E-state index in [2.05, 4.69) is 4.98 Å². The van der Waals surface area contributed by atoms with Gasteiger partial charge in [0.25, 0.3) is 5.56 Å². The maximum Gasteiger partial charge on any atom is 0.263 e. The summed E-state index contributed by atoms with van der Waals surface area (Å²) in [5, 5.41) is 1.93. The number of fused-ring (bicyclic) bond motifs is 1. The minimum absolute atomic E-state index is 0.0375. The molecule has 0 bridgehead atoms. The molecule has 4 rings (SSSR count). The summed E-state index contributed by atoms with van der Waals surface area (Å²) >= 11 is 7.39. The van der Waals surface area contributed by atoms with Crippen LogP contribution in [0.1, 0.15) is 27.0 Å². The molecule has 4 aromatic rings. The summed E-state index contributed by atoms with van der Waals surface area (Å²) in [5.74, 6) is 0.601. The predicted octanol–water partition coefficient (Wildman–Crippen LogP) is 4.76. The molecule has 0 unspecified atom stereocenters. The van der Waals surface area contributed by atoms with Gasteiger partial charge in [-0.2, -0.15) is 0 Å². The van der Waals surface area contributed by atoms with E-state index in [0.717, 1.165) is 11.1 Å². The summed E-state index contributed by atoms with van der Waals surface area (Å²) in [7, 11) is 3.64. The standard InChI is InChI=1S/C23H20ClN3O2S/c1-14-12-26(2)21-19(14)22(29)27(3)23(25-21)30-13-15-4-6-16(7-5-15)20(28)17-8-10-18(24)11-9-17/h4-12H,13H2,1-3H3. The highest BCUT2D eigenvalue weighted by Gasteiger charge is 2.14. The van der Waals surface area contributed by atoms with Crippen molar-refractivity contribution in [3.63, 3.8) is 0 Å². The van der Waals surface area contributed by atoms with Crippen LogP contribution in [0.4, 0.5) is 0 Å². The monoisotopic (exact) mass is 437 g/mol. The average molecular weight is 438 g/mol. The fourth-order valence-corrected chi connectivity index (χ4v) is 4.43. The zero-order chi connectivity index (χ0) is 21.4. The van der Waals surface area contributed by atoms with Gasteiger partial charge in [-0.05, 0) is 42.3 Å². The van der Waals surface area contributed by atoms with E-state index in [1.54, 1.807) is 35.9 Å². The van der Waals surface area contributed by atoms with Gasteiger partial charge in [0.1, 0.15) is 5.65 Å². The second-order valence-corrected chi connectivity index (χ2v) is 8.58. The van der Waals surface area contributed by atoms with Crippen LogP contribution in [-0.4, -0.2) is 19.9 Å². The molecule has 0 radical (unpaired) electrons. The Morgan fingerprint density at radius 2 is 1.63 bits per heavy atom. The van der Waals surface area contributed by atoms with Crippen molar-refractivity contribution >= 4 is 40.2 Å². The van der Waals surface area contributed by atoms with Crippen molar-refractivity contribution in [3.8, 4) is 0 Å². The molecule has 5 nitrogen and oxygen atoms in total. The van der Waals surface area contributed by atoms with Crippen LogP contribution in [0.25, 0.3) is 11.0 Å². The van der Waals surface area contributed by atoms with Crippen LogP contribution in [0.5, 0.6) is 0 Å². The molecule has 0 saturated heterocycles. The van der Waals surface area contributed by atoms with Gasteiger partial charge in [0.05, 0.1) is 5.39 Å². The summed E-state index contributed by atoms with van der Waals surface area (Å²) in [6.45, 7) is 1.92. The lowest BCUT2D eigenvalue weighted by atomic mass is 10.0. The van der Waals surface area contributed by atoms with Crippen molar-refractivity contribution in [3.05, 3.63) is 92.4 Å². The minimum Gasteiger partial charge on any atom is -0.335 e. The van der Waals surface area contributed by atoms with Gasteiger partial charge in [0, 0.05) is 42.2 Å². The third-order valence-corrected chi connectivity index (χ3v) is 6.39. The molecule has 0 amide bonds. The van der Waals surface area contributed by atoms with Crippen LogP contribution >= 0.6 is 23.4 Å². The van der Waals surface area contributed by atoms with Crippen LogP contribution in [0.2, 0.25) is 5.02 Å². The smallest absolute Gasteiger partial charge is 0.263 e. The SMILES string of the molecule is Cc1cn(C)c2nc(SCc3ccc(C(=O)c4ccc(Cl)cc4)cc3)n(C)c(=O)c12. The van der Waals surface area contributed by atoms with Gasteiger partial charge in [-0.15, -0.1) is 0 Å². The number of benzene rings is 2. The number of aromatic nitrogens is 3. The topological polar surface area (TPSA) is 56.9 Å². The van der Waals surface area contributed by atoms with Gasteiger partial charge in [0.2, 0.25) is 0 Å². The molecule has 2 aromatic heterocycles. The van der Waals surface area contributed by atoms with Gasteiger partial charge in [-0.3, -0.25) is 14.2 Å². The summed E-state index contributed by atoms with van der Waals surface area (Å²) in [4.78, 5) is 30.0. The van der Waals surface area contributed by atoms with E-state index in [1.807, 2.05) is 49.0 Å². The lowest BCUT2D eigenvalue weighted by Gasteiger charge is -2.09. The average Bonchev–Trinajstić information content (AvgIpc) is 3.03. The zero-order valence-electron chi connectivity index (χ0n) is 16.8. The quantitative estimate of drug-likeness (QED) is 0.256. The number of nitrogens with zero attached hydrogens (tertiary/aromatic N) is 3. The van der Waals surface area contributed by atoms with E-state index in [9.17, 15) is 9.59 Å². The van der Waals surface area contributed by atoms with Gasteiger partial charge in [-0.25, -0.2) is 4.98 Å². The Morgan fingerprint density at radius 1 is 1.03 bits per heavy atom. The predicted molar refractivity (Wildman–Crippen MR) is 122 cm³/mol. The second kappa shape index (κ2) is 8.13. The van der Waals surface area contributed by atoms with E-state index >= 15 is 0 Å². The molecule has 7 heteroatoms. The summed E-state index contributed by atoms with van der Waals surface area (Å²) < 4.78 is 3.48. The summed E-state index contributed by atoms with van der Waals surface area (Å²) in [6.07, 6.45) is 1.92. The van der Waals surface area contributed by atoms with Crippen molar-refractivity contribution < 1.29 is 4.79 Å². The lowest BCUT2D eigenvalue weighted by molar-refractivity contribution is 0.103. The van der Waals surface area contributed by atoms with Crippen LogP contribution in [0.3, 0.4) is 0 Å². The Hall–Kier alpha value is -2.83. The van der Waals surface area contributed by atoms with Gasteiger partial charge in [0.15, 0.2) is 10.9 Å². The van der Waals surface area contributed by atoms with E-state index in [0.29, 0.717) is 38.1 Å². The number of halogens is 1. The number of carbonyl (C=O) groups excluding carboxylic acids is 1. The molecule has 0 fully saturated rings. The highest BCUT2D eigenvalue weighted by Crippen LogP contribution is 2.23. The van der Waals surface area contributed by atoms with Crippen LogP contribution in [0, 0.1) is 6.92 Å². The van der Waals surface area contributed by atoms with E-state index in [-0.39, 0.29) is 11.3 Å². The van der Waals surface area contributed by atoms with E-state index in [1.165, 1.54) is 11.8 Å². The normalized spacial score (nSPS) is 11.2. The molecule has 30 heavy (non-hydrogen) atoms. The molecular weight excluding hydrogens is 418 g/mol. The molecule has 0 aliphatic carbocycles. The Morgan fingerprint density at radius 3 is 2.27 bits per heavy atom. The Balaban J connectivity index is 1.53. The number of carbonyl (C=O) groups is 1. The van der Waals surface area contributed by atoms with E-state index < -0.39 is 0 Å².